The lowest BCUT2D eigenvalue weighted by Gasteiger charge is -2.07. The predicted octanol–water partition coefficient (Wildman–Crippen LogP) is 1.63. The Kier molecular flexibility index (Phi) is 3.19. The number of rotatable bonds is 2. The number of hydrogen-bond acceptors (Lipinski definition) is 3. The van der Waals surface area contributed by atoms with Gasteiger partial charge in [-0.3, -0.25) is 0 Å². The van der Waals surface area contributed by atoms with Crippen molar-refractivity contribution in [2.24, 2.45) is 5.73 Å². The van der Waals surface area contributed by atoms with Gasteiger partial charge >= 0.3 is 5.97 Å². The lowest BCUT2D eigenvalue weighted by Crippen LogP contribution is -2.08. The molecule has 2 N–H and O–H groups in total. The summed E-state index contributed by atoms with van der Waals surface area (Å²) in [5, 5.41) is 0. The summed E-state index contributed by atoms with van der Waals surface area (Å²) in [7, 11) is 1.21. The second-order valence-electron chi connectivity index (χ2n) is 3.02. The second-order valence-corrected chi connectivity index (χ2v) is 3.02. The predicted molar refractivity (Wildman–Crippen MR) is 50.3 cm³/mol. The van der Waals surface area contributed by atoms with Crippen LogP contribution in [0.3, 0.4) is 0 Å². The lowest BCUT2D eigenvalue weighted by atomic mass is 10.1. The molecule has 1 rings (SSSR count). The maximum absolute atomic E-state index is 13.3. The van der Waals surface area contributed by atoms with Crippen molar-refractivity contribution >= 4 is 5.97 Å². The van der Waals surface area contributed by atoms with Gasteiger partial charge in [-0.2, -0.15) is 0 Å². The van der Waals surface area contributed by atoms with Crippen LogP contribution in [0.2, 0.25) is 0 Å². The van der Waals surface area contributed by atoms with Crippen LogP contribution in [0.4, 0.5) is 4.39 Å². The van der Waals surface area contributed by atoms with E-state index in [1.54, 1.807) is 13.0 Å². The monoisotopic (exact) mass is 197 g/mol. The molecule has 0 spiro atoms. The van der Waals surface area contributed by atoms with Crippen LogP contribution < -0.4 is 5.73 Å². The van der Waals surface area contributed by atoms with E-state index in [0.717, 1.165) is 0 Å². The highest BCUT2D eigenvalue weighted by Crippen LogP contribution is 2.15. The maximum atomic E-state index is 13.3. The smallest absolute Gasteiger partial charge is 0.340 e. The van der Waals surface area contributed by atoms with Crippen molar-refractivity contribution in [1.29, 1.82) is 0 Å². The van der Waals surface area contributed by atoms with Gasteiger partial charge in [-0.25, -0.2) is 9.18 Å². The molecule has 1 atom stereocenters. The molecule has 0 saturated heterocycles. The van der Waals surface area contributed by atoms with Gasteiger partial charge in [0, 0.05) is 6.04 Å². The summed E-state index contributed by atoms with van der Waals surface area (Å²) < 4.78 is 17.7. The zero-order chi connectivity index (χ0) is 10.7. The molecule has 0 heterocycles. The zero-order valence-corrected chi connectivity index (χ0v) is 8.08. The van der Waals surface area contributed by atoms with Crippen molar-refractivity contribution in [3.63, 3.8) is 0 Å². The molecule has 3 nitrogen and oxygen atoms in total. The third-order valence-electron chi connectivity index (χ3n) is 1.92. The SMILES string of the molecule is COC(=O)c1ccc([C@@H](C)N)cc1F. The topological polar surface area (TPSA) is 52.3 Å². The molecule has 0 fully saturated rings. The van der Waals surface area contributed by atoms with Gasteiger partial charge < -0.3 is 10.5 Å². The Balaban J connectivity index is 3.07. The summed E-state index contributed by atoms with van der Waals surface area (Å²) in [5.41, 5.74) is 6.13. The van der Waals surface area contributed by atoms with Crippen LogP contribution in [0.1, 0.15) is 28.9 Å². The molecule has 0 aliphatic rings. The van der Waals surface area contributed by atoms with Crippen molar-refractivity contribution < 1.29 is 13.9 Å². The van der Waals surface area contributed by atoms with Gasteiger partial charge in [0.1, 0.15) is 5.82 Å². The first-order chi connectivity index (χ1) is 6.56. The molecule has 1 aromatic rings. The molecule has 0 saturated carbocycles. The molecule has 1 aromatic carbocycles. The first-order valence-corrected chi connectivity index (χ1v) is 4.19. The van der Waals surface area contributed by atoms with Gasteiger partial charge in [0.25, 0.3) is 0 Å². The van der Waals surface area contributed by atoms with Crippen molar-refractivity contribution in [1.82, 2.24) is 0 Å². The molecule has 0 aliphatic carbocycles. The number of nitrogens with two attached hydrogens (primary N) is 1. The van der Waals surface area contributed by atoms with Crippen LogP contribution >= 0.6 is 0 Å². The van der Waals surface area contributed by atoms with E-state index in [1.807, 2.05) is 0 Å². The van der Waals surface area contributed by atoms with E-state index in [1.165, 1.54) is 19.2 Å². The largest absolute Gasteiger partial charge is 0.465 e. The van der Waals surface area contributed by atoms with E-state index >= 15 is 0 Å². The Labute approximate surface area is 81.7 Å². The molecule has 4 heteroatoms. The van der Waals surface area contributed by atoms with Gasteiger partial charge in [-0.1, -0.05) is 6.07 Å². The number of hydrogen-bond donors (Lipinski definition) is 1. The molecule has 0 amide bonds. The number of esters is 1. The van der Waals surface area contributed by atoms with E-state index < -0.39 is 11.8 Å². The summed E-state index contributed by atoms with van der Waals surface area (Å²) in [6.45, 7) is 1.74. The molecule has 0 aliphatic heterocycles. The van der Waals surface area contributed by atoms with Gasteiger partial charge in [0.15, 0.2) is 0 Å². The summed E-state index contributed by atoms with van der Waals surface area (Å²) in [4.78, 5) is 11.0. The fourth-order valence-electron chi connectivity index (χ4n) is 1.09. The molecular weight excluding hydrogens is 185 g/mol. The minimum atomic E-state index is -0.682. The van der Waals surface area contributed by atoms with Crippen LogP contribution in [0.15, 0.2) is 18.2 Å². The van der Waals surface area contributed by atoms with E-state index in [0.29, 0.717) is 5.56 Å². The van der Waals surface area contributed by atoms with Crippen LogP contribution in [-0.4, -0.2) is 13.1 Å². The average Bonchev–Trinajstić information content (AvgIpc) is 2.16. The van der Waals surface area contributed by atoms with E-state index in [2.05, 4.69) is 4.74 Å². The van der Waals surface area contributed by atoms with E-state index in [9.17, 15) is 9.18 Å². The Hall–Kier alpha value is -1.42. The van der Waals surface area contributed by atoms with E-state index in [4.69, 9.17) is 5.73 Å². The van der Waals surface area contributed by atoms with Gasteiger partial charge in [-0.15, -0.1) is 0 Å². The molecule has 0 unspecified atom stereocenters. The maximum Gasteiger partial charge on any atom is 0.340 e. The van der Waals surface area contributed by atoms with Crippen LogP contribution in [0.25, 0.3) is 0 Å². The Morgan fingerprint density at radius 2 is 2.21 bits per heavy atom. The summed E-state index contributed by atoms with van der Waals surface area (Å²) in [5.74, 6) is -1.29. The zero-order valence-electron chi connectivity index (χ0n) is 8.08. The van der Waals surface area contributed by atoms with Gasteiger partial charge in [-0.05, 0) is 24.6 Å². The van der Waals surface area contributed by atoms with Crippen molar-refractivity contribution in [3.8, 4) is 0 Å². The van der Waals surface area contributed by atoms with Crippen LogP contribution in [-0.2, 0) is 4.74 Å². The average molecular weight is 197 g/mol. The van der Waals surface area contributed by atoms with Gasteiger partial charge in [0.05, 0.1) is 12.7 Å². The van der Waals surface area contributed by atoms with E-state index in [-0.39, 0.29) is 11.6 Å². The fourth-order valence-corrected chi connectivity index (χ4v) is 1.09. The number of methoxy groups -OCH3 is 1. The minimum Gasteiger partial charge on any atom is -0.465 e. The van der Waals surface area contributed by atoms with Crippen LogP contribution in [0.5, 0.6) is 0 Å². The first kappa shape index (κ1) is 10.7. The third kappa shape index (κ3) is 2.09. The number of halogens is 1. The van der Waals surface area contributed by atoms with Gasteiger partial charge in [0.2, 0.25) is 0 Å². The molecule has 0 radical (unpaired) electrons. The molecule has 14 heavy (non-hydrogen) atoms. The number of carbonyl (C=O) groups is 1. The molecule has 76 valence electrons. The lowest BCUT2D eigenvalue weighted by molar-refractivity contribution is 0.0595. The number of carbonyl (C=O) groups excluding carboxylic acids is 1. The van der Waals surface area contributed by atoms with Crippen molar-refractivity contribution in [2.75, 3.05) is 7.11 Å². The van der Waals surface area contributed by atoms with Crippen molar-refractivity contribution in [3.05, 3.63) is 35.1 Å². The Morgan fingerprint density at radius 1 is 1.57 bits per heavy atom. The molecule has 0 bridgehead atoms. The normalized spacial score (nSPS) is 12.3. The number of benzene rings is 1. The summed E-state index contributed by atoms with van der Waals surface area (Å²) in [6, 6.07) is 3.98. The summed E-state index contributed by atoms with van der Waals surface area (Å²) >= 11 is 0. The van der Waals surface area contributed by atoms with Crippen molar-refractivity contribution in [2.45, 2.75) is 13.0 Å². The highest BCUT2D eigenvalue weighted by molar-refractivity contribution is 5.89. The van der Waals surface area contributed by atoms with Crippen LogP contribution in [0, 0.1) is 5.82 Å². The summed E-state index contributed by atoms with van der Waals surface area (Å²) in [6.07, 6.45) is 0. The third-order valence-corrected chi connectivity index (χ3v) is 1.92. The standard InChI is InChI=1S/C10H12FNO2/c1-6(12)7-3-4-8(9(11)5-7)10(13)14-2/h3-6H,12H2,1-2H3/t6-/m1/s1. The Morgan fingerprint density at radius 3 is 2.64 bits per heavy atom. The highest BCUT2D eigenvalue weighted by Gasteiger charge is 2.12. The molecular formula is C10H12FNO2. The first-order valence-electron chi connectivity index (χ1n) is 4.19. The number of ether oxygens (including phenoxy) is 1. The fraction of sp³-hybridized carbons (Fsp3) is 0.300. The minimum absolute atomic E-state index is 0.0723. The quantitative estimate of drug-likeness (QED) is 0.733. The molecule has 0 aromatic heterocycles. The second kappa shape index (κ2) is 4.19. The Bertz CT molecular complexity index is 350. The highest BCUT2D eigenvalue weighted by atomic mass is 19.1.